The number of nitrogens with zero attached hydrogens (tertiary/aromatic N) is 2. The maximum atomic E-state index is 12.0. The van der Waals surface area contributed by atoms with Crippen molar-refractivity contribution in [3.63, 3.8) is 0 Å². The van der Waals surface area contributed by atoms with Crippen LogP contribution in [0.25, 0.3) is 0 Å². The van der Waals surface area contributed by atoms with E-state index in [9.17, 15) is 20.5 Å². The molecule has 158 valence electrons. The standard InChI is InChI=1S/C14H14ClN3O4S.C4H9NO/c1-2-22-14(19)12(18(20)21)11(10(7-16)13(17)23)8-3-5-9(15)6-4-8;1-3-6-4-2-5-1/h3-6,10-11,19H,2H2,1H3,(H2,17,23);5H,1-4H2/b14-12-;/t10-,11+;/m1./s1. The molecule has 4 N–H and O–H groups in total. The smallest absolute Gasteiger partial charge is 0.276 e. The fourth-order valence-corrected chi connectivity index (χ4v) is 2.90. The van der Waals surface area contributed by atoms with Crippen LogP contribution < -0.4 is 16.2 Å². The van der Waals surface area contributed by atoms with Crippen LogP contribution in [0.2, 0.25) is 5.02 Å². The number of morpholine rings is 1. The van der Waals surface area contributed by atoms with E-state index < -0.39 is 28.4 Å². The monoisotopic (exact) mass is 442 g/mol. The van der Waals surface area contributed by atoms with Crippen molar-refractivity contribution in [2.24, 2.45) is 11.7 Å². The van der Waals surface area contributed by atoms with Crippen molar-refractivity contribution >= 4 is 28.8 Å². The molecule has 9 nitrogen and oxygen atoms in total. The molecular formula is C18H23ClN4O5S. The lowest BCUT2D eigenvalue weighted by atomic mass is 9.84. The van der Waals surface area contributed by atoms with Gasteiger partial charge in [0.15, 0.2) is 0 Å². The number of quaternary nitrogens is 1. The van der Waals surface area contributed by atoms with Crippen LogP contribution >= 0.6 is 23.8 Å². The number of benzene rings is 1. The first kappa shape index (κ1) is 24.6. The van der Waals surface area contributed by atoms with Gasteiger partial charge in [-0.2, -0.15) is 5.26 Å². The van der Waals surface area contributed by atoms with Gasteiger partial charge in [-0.1, -0.05) is 42.9 Å². The highest BCUT2D eigenvalue weighted by molar-refractivity contribution is 7.80. The predicted molar refractivity (Wildman–Crippen MR) is 108 cm³/mol. The minimum absolute atomic E-state index is 0.0478. The van der Waals surface area contributed by atoms with Gasteiger partial charge < -0.3 is 25.6 Å². The topological polar surface area (TPSA) is 151 Å². The van der Waals surface area contributed by atoms with Gasteiger partial charge >= 0.3 is 0 Å². The molecule has 0 aliphatic carbocycles. The van der Waals surface area contributed by atoms with Gasteiger partial charge in [-0.25, -0.2) is 0 Å². The summed E-state index contributed by atoms with van der Waals surface area (Å²) in [6.45, 7) is 5.66. The quantitative estimate of drug-likeness (QED) is 0.264. The number of thiocarbonyl (C=S) groups is 1. The largest absolute Gasteiger partial charge is 0.609 e. The average molecular weight is 443 g/mol. The summed E-state index contributed by atoms with van der Waals surface area (Å²) in [6.07, 6.45) is 0. The first-order valence-corrected chi connectivity index (χ1v) is 9.64. The molecule has 0 amide bonds. The number of ether oxygens (including phenoxy) is 2. The summed E-state index contributed by atoms with van der Waals surface area (Å²) in [7, 11) is 0. The van der Waals surface area contributed by atoms with Crippen LogP contribution in [0.15, 0.2) is 35.9 Å². The van der Waals surface area contributed by atoms with E-state index in [-0.39, 0.29) is 11.6 Å². The average Bonchev–Trinajstić information content (AvgIpc) is 2.70. The minimum Gasteiger partial charge on any atom is -0.609 e. The molecule has 29 heavy (non-hydrogen) atoms. The van der Waals surface area contributed by atoms with Crippen molar-refractivity contribution in [2.75, 3.05) is 32.9 Å². The summed E-state index contributed by atoms with van der Waals surface area (Å²) < 4.78 is 9.77. The Morgan fingerprint density at radius 3 is 2.38 bits per heavy atom. The molecule has 0 unspecified atom stereocenters. The van der Waals surface area contributed by atoms with Gasteiger partial charge in [-0.3, -0.25) is 10.1 Å². The van der Waals surface area contributed by atoms with Crippen molar-refractivity contribution < 1.29 is 24.8 Å². The molecular weight excluding hydrogens is 420 g/mol. The Morgan fingerprint density at radius 1 is 1.45 bits per heavy atom. The first-order chi connectivity index (χ1) is 13.8. The number of halogens is 1. The van der Waals surface area contributed by atoms with Gasteiger partial charge in [-0.05, 0) is 24.3 Å². The number of rotatable bonds is 7. The second-order valence-electron chi connectivity index (χ2n) is 5.88. The SMILES string of the molecule is C1COCC[NH2+]1.CCO/C([O-])=C(/[C@@H](c1ccc(Cl)cc1)[C@@H](C#N)C(N)=S)[N+](=O)[O-]. The van der Waals surface area contributed by atoms with Gasteiger partial charge in [0.1, 0.15) is 11.9 Å². The van der Waals surface area contributed by atoms with Crippen LogP contribution in [0, 0.1) is 27.4 Å². The molecule has 0 radical (unpaired) electrons. The zero-order chi connectivity index (χ0) is 21.8. The number of hydrogen-bond donors (Lipinski definition) is 2. The first-order valence-electron chi connectivity index (χ1n) is 8.85. The molecule has 1 aliphatic rings. The molecule has 1 aromatic carbocycles. The van der Waals surface area contributed by atoms with Crippen molar-refractivity contribution in [3.8, 4) is 6.07 Å². The van der Waals surface area contributed by atoms with Crippen molar-refractivity contribution in [3.05, 3.63) is 56.6 Å². The van der Waals surface area contributed by atoms with E-state index in [4.69, 9.17) is 39.0 Å². The maximum absolute atomic E-state index is 12.0. The molecule has 1 aromatic rings. The van der Waals surface area contributed by atoms with Crippen LogP contribution in [0.4, 0.5) is 0 Å². The predicted octanol–water partition coefficient (Wildman–Crippen LogP) is 0.272. The fourth-order valence-electron chi connectivity index (χ4n) is 2.58. The molecule has 1 fully saturated rings. The van der Waals surface area contributed by atoms with Crippen molar-refractivity contribution in [1.29, 1.82) is 5.26 Å². The van der Waals surface area contributed by atoms with Crippen LogP contribution in [0.3, 0.4) is 0 Å². The second-order valence-corrected chi connectivity index (χ2v) is 6.79. The minimum atomic E-state index is -1.26. The Labute approximate surface area is 179 Å². The van der Waals surface area contributed by atoms with Crippen LogP contribution in [-0.2, 0) is 9.47 Å². The summed E-state index contributed by atoms with van der Waals surface area (Å²) >= 11 is 10.6. The fraction of sp³-hybridized carbons (Fsp3) is 0.444. The summed E-state index contributed by atoms with van der Waals surface area (Å²) in [5.74, 6) is -3.63. The van der Waals surface area contributed by atoms with Crippen LogP contribution in [0.1, 0.15) is 18.4 Å². The van der Waals surface area contributed by atoms with E-state index in [1.165, 1.54) is 31.2 Å². The molecule has 0 saturated carbocycles. The van der Waals surface area contributed by atoms with E-state index in [0.717, 1.165) is 26.3 Å². The van der Waals surface area contributed by atoms with Crippen LogP contribution in [0.5, 0.6) is 0 Å². The molecule has 11 heteroatoms. The zero-order valence-electron chi connectivity index (χ0n) is 15.9. The van der Waals surface area contributed by atoms with Crippen molar-refractivity contribution in [1.82, 2.24) is 0 Å². The van der Waals surface area contributed by atoms with E-state index in [0.29, 0.717) is 10.6 Å². The number of allylic oxidation sites excluding steroid dienone is 1. The lowest BCUT2D eigenvalue weighted by Crippen LogP contribution is -2.87. The van der Waals surface area contributed by atoms with Crippen molar-refractivity contribution in [2.45, 2.75) is 12.8 Å². The molecule has 1 heterocycles. The third kappa shape index (κ3) is 7.83. The molecule has 1 aliphatic heterocycles. The highest BCUT2D eigenvalue weighted by atomic mass is 35.5. The van der Waals surface area contributed by atoms with Gasteiger partial charge in [0.05, 0.1) is 48.2 Å². The summed E-state index contributed by atoms with van der Waals surface area (Å²) in [6, 6.07) is 7.73. The zero-order valence-corrected chi connectivity index (χ0v) is 17.4. The lowest BCUT2D eigenvalue weighted by Gasteiger charge is -2.23. The van der Waals surface area contributed by atoms with Crippen LogP contribution in [-0.4, -0.2) is 42.8 Å². The van der Waals surface area contributed by atoms with Gasteiger partial charge in [0.25, 0.3) is 5.70 Å². The maximum Gasteiger partial charge on any atom is 0.276 e. The summed E-state index contributed by atoms with van der Waals surface area (Å²) in [5, 5.41) is 35.3. The number of hydrogen-bond acceptors (Lipinski definition) is 7. The third-order valence-corrected chi connectivity index (χ3v) is 4.42. The Morgan fingerprint density at radius 2 is 2.03 bits per heavy atom. The Balaban J connectivity index is 0.000000594. The Bertz CT molecular complexity index is 751. The molecule has 0 aromatic heterocycles. The number of nitro groups is 1. The Hall–Kier alpha value is -2.45. The number of nitriles is 1. The summed E-state index contributed by atoms with van der Waals surface area (Å²) in [5.41, 5.74) is 5.04. The molecule has 1 saturated heterocycles. The third-order valence-electron chi connectivity index (χ3n) is 3.92. The molecule has 0 bridgehead atoms. The molecule has 2 rings (SSSR count). The highest BCUT2D eigenvalue weighted by Crippen LogP contribution is 2.34. The molecule has 0 spiro atoms. The van der Waals surface area contributed by atoms with E-state index >= 15 is 0 Å². The Kier molecular flexibility index (Phi) is 10.9. The van der Waals surface area contributed by atoms with Gasteiger partial charge in [0, 0.05) is 5.02 Å². The van der Waals surface area contributed by atoms with E-state index in [1.54, 1.807) is 0 Å². The van der Waals surface area contributed by atoms with Gasteiger partial charge in [0.2, 0.25) is 0 Å². The van der Waals surface area contributed by atoms with Gasteiger partial charge in [-0.15, -0.1) is 0 Å². The second kappa shape index (κ2) is 12.9. The normalized spacial score (nSPS) is 16.2. The lowest BCUT2D eigenvalue weighted by molar-refractivity contribution is -0.670. The highest BCUT2D eigenvalue weighted by Gasteiger charge is 2.37. The van der Waals surface area contributed by atoms with E-state index in [2.05, 4.69) is 5.32 Å². The number of nitrogens with two attached hydrogens (primary N) is 2. The molecule has 2 atom stereocenters. The summed E-state index contributed by atoms with van der Waals surface area (Å²) in [4.78, 5) is 10.3. The van der Waals surface area contributed by atoms with E-state index in [1.807, 2.05) is 6.07 Å².